The van der Waals surface area contributed by atoms with Crippen LogP contribution in [0.4, 0.5) is 0 Å². The van der Waals surface area contributed by atoms with Crippen molar-refractivity contribution in [2.24, 2.45) is 0 Å². The SMILES string of the molecule is CCN(CC)C(CNS(=O)(=O)c1c(C)n[nH]c1C)c1ccc(OC)cc1. The van der Waals surface area contributed by atoms with Crippen molar-refractivity contribution in [3.63, 3.8) is 0 Å². The molecule has 1 atom stereocenters. The molecular weight excluding hydrogens is 352 g/mol. The molecular formula is C18H28N4O3S. The first-order valence-electron chi connectivity index (χ1n) is 8.73. The molecule has 0 aliphatic carbocycles. The fourth-order valence-electron chi connectivity index (χ4n) is 3.15. The van der Waals surface area contributed by atoms with E-state index in [1.165, 1.54) is 0 Å². The summed E-state index contributed by atoms with van der Waals surface area (Å²) >= 11 is 0. The molecule has 0 aliphatic rings. The molecule has 1 aromatic carbocycles. The first-order valence-corrected chi connectivity index (χ1v) is 10.2. The van der Waals surface area contributed by atoms with Gasteiger partial charge in [0.05, 0.1) is 18.5 Å². The maximum absolute atomic E-state index is 12.8. The van der Waals surface area contributed by atoms with Gasteiger partial charge in [0.2, 0.25) is 10.0 Å². The minimum atomic E-state index is -3.64. The Labute approximate surface area is 155 Å². The smallest absolute Gasteiger partial charge is 0.244 e. The molecule has 2 N–H and O–H groups in total. The summed E-state index contributed by atoms with van der Waals surface area (Å²) in [5, 5.41) is 6.71. The van der Waals surface area contributed by atoms with Crippen LogP contribution in [0.2, 0.25) is 0 Å². The van der Waals surface area contributed by atoms with Gasteiger partial charge in [0, 0.05) is 12.6 Å². The number of H-pyrrole nitrogens is 1. The maximum atomic E-state index is 12.8. The highest BCUT2D eigenvalue weighted by atomic mass is 32.2. The molecule has 7 nitrogen and oxygen atoms in total. The van der Waals surface area contributed by atoms with Crippen molar-refractivity contribution in [1.29, 1.82) is 0 Å². The quantitative estimate of drug-likeness (QED) is 0.697. The van der Waals surface area contributed by atoms with Crippen molar-refractivity contribution >= 4 is 10.0 Å². The number of nitrogens with zero attached hydrogens (tertiary/aromatic N) is 2. The summed E-state index contributed by atoms with van der Waals surface area (Å²) in [4.78, 5) is 2.45. The van der Waals surface area contributed by atoms with Crippen LogP contribution in [0.25, 0.3) is 0 Å². The van der Waals surface area contributed by atoms with E-state index in [-0.39, 0.29) is 17.5 Å². The van der Waals surface area contributed by atoms with Gasteiger partial charge >= 0.3 is 0 Å². The van der Waals surface area contributed by atoms with Gasteiger partial charge < -0.3 is 4.74 Å². The molecule has 1 aromatic heterocycles. The molecule has 0 saturated heterocycles. The van der Waals surface area contributed by atoms with Crippen LogP contribution in [0, 0.1) is 13.8 Å². The Balaban J connectivity index is 2.26. The number of rotatable bonds is 9. The summed E-state index contributed by atoms with van der Waals surface area (Å²) in [6, 6.07) is 7.67. The molecule has 2 rings (SSSR count). The van der Waals surface area contributed by atoms with Crippen molar-refractivity contribution in [1.82, 2.24) is 19.8 Å². The summed E-state index contributed by atoms with van der Waals surface area (Å²) in [5.41, 5.74) is 2.05. The predicted octanol–water partition coefficient (Wildman–Crippen LogP) is 2.40. The van der Waals surface area contributed by atoms with Gasteiger partial charge in [-0.1, -0.05) is 26.0 Å². The molecule has 0 fully saturated rings. The Morgan fingerprint density at radius 1 is 1.19 bits per heavy atom. The van der Waals surface area contributed by atoms with E-state index in [0.29, 0.717) is 11.4 Å². The van der Waals surface area contributed by atoms with Gasteiger partial charge in [-0.2, -0.15) is 5.10 Å². The van der Waals surface area contributed by atoms with Crippen LogP contribution in [-0.4, -0.2) is 50.3 Å². The molecule has 0 saturated carbocycles. The second-order valence-corrected chi connectivity index (χ2v) is 7.83. The van der Waals surface area contributed by atoms with Gasteiger partial charge in [-0.05, 0) is 44.6 Å². The number of ether oxygens (including phenoxy) is 1. The molecule has 0 amide bonds. The predicted molar refractivity (Wildman–Crippen MR) is 102 cm³/mol. The first-order chi connectivity index (χ1) is 12.3. The van der Waals surface area contributed by atoms with Crippen LogP contribution in [0.5, 0.6) is 5.75 Å². The molecule has 1 unspecified atom stereocenters. The Morgan fingerprint density at radius 2 is 1.81 bits per heavy atom. The van der Waals surface area contributed by atoms with Gasteiger partial charge in [0.25, 0.3) is 0 Å². The van der Waals surface area contributed by atoms with E-state index < -0.39 is 10.0 Å². The van der Waals surface area contributed by atoms with E-state index in [1.807, 2.05) is 24.3 Å². The van der Waals surface area contributed by atoms with Gasteiger partial charge in [-0.25, -0.2) is 13.1 Å². The van der Waals surface area contributed by atoms with Crippen molar-refractivity contribution in [2.45, 2.75) is 38.6 Å². The molecule has 8 heteroatoms. The lowest BCUT2D eigenvalue weighted by molar-refractivity contribution is 0.220. The minimum absolute atomic E-state index is 0.0711. The largest absolute Gasteiger partial charge is 0.497 e. The number of likely N-dealkylation sites (N-methyl/N-ethyl adjacent to an activating group) is 1. The van der Waals surface area contributed by atoms with Crippen molar-refractivity contribution in [2.75, 3.05) is 26.7 Å². The van der Waals surface area contributed by atoms with Crippen LogP contribution in [0.15, 0.2) is 29.2 Å². The fraction of sp³-hybridized carbons (Fsp3) is 0.500. The van der Waals surface area contributed by atoms with E-state index >= 15 is 0 Å². The minimum Gasteiger partial charge on any atom is -0.497 e. The Hall–Kier alpha value is -1.90. The topological polar surface area (TPSA) is 87.3 Å². The van der Waals surface area contributed by atoms with Gasteiger partial charge in [0.15, 0.2) is 0 Å². The third-order valence-corrected chi connectivity index (χ3v) is 6.24. The first kappa shape index (κ1) is 20.4. The highest BCUT2D eigenvalue weighted by Crippen LogP contribution is 2.24. The van der Waals surface area contributed by atoms with E-state index in [0.717, 1.165) is 24.4 Å². The summed E-state index contributed by atoms with van der Waals surface area (Å²) < 4.78 is 33.5. The van der Waals surface area contributed by atoms with Crippen LogP contribution in [-0.2, 0) is 10.0 Å². The van der Waals surface area contributed by atoms with Crippen LogP contribution >= 0.6 is 0 Å². The van der Waals surface area contributed by atoms with Crippen molar-refractivity contribution in [3.8, 4) is 5.75 Å². The van der Waals surface area contributed by atoms with Crippen molar-refractivity contribution < 1.29 is 13.2 Å². The number of nitrogens with one attached hydrogen (secondary N) is 2. The average molecular weight is 381 g/mol. The summed E-state index contributed by atoms with van der Waals surface area (Å²) in [7, 11) is -2.01. The Bertz CT molecular complexity index is 792. The average Bonchev–Trinajstić information content (AvgIpc) is 2.98. The molecule has 0 spiro atoms. The number of methoxy groups -OCH3 is 1. The fourth-order valence-corrected chi connectivity index (χ4v) is 4.55. The van der Waals surface area contributed by atoms with E-state index in [9.17, 15) is 8.42 Å². The number of aryl methyl sites for hydroxylation is 2. The maximum Gasteiger partial charge on any atom is 0.244 e. The molecule has 1 heterocycles. The summed E-state index contributed by atoms with van der Waals surface area (Å²) in [6.45, 7) is 9.44. The number of aromatic amines is 1. The highest BCUT2D eigenvalue weighted by molar-refractivity contribution is 7.89. The van der Waals surface area contributed by atoms with E-state index in [4.69, 9.17) is 4.74 Å². The number of hydrogen-bond acceptors (Lipinski definition) is 5. The standard InChI is InChI=1S/C18H28N4O3S/c1-6-22(7-2)17(15-8-10-16(25-5)11-9-15)12-19-26(23,24)18-13(3)20-21-14(18)4/h8-11,17,19H,6-7,12H2,1-5H3,(H,20,21). The third-order valence-electron chi connectivity index (χ3n) is 4.55. The van der Waals surface area contributed by atoms with Gasteiger partial charge in [0.1, 0.15) is 10.6 Å². The normalized spacial score (nSPS) is 13.2. The number of hydrogen-bond donors (Lipinski definition) is 2. The number of benzene rings is 1. The van der Waals surface area contributed by atoms with Crippen LogP contribution in [0.1, 0.15) is 36.8 Å². The highest BCUT2D eigenvalue weighted by Gasteiger charge is 2.25. The summed E-state index contributed by atoms with van der Waals surface area (Å²) in [5.74, 6) is 0.775. The van der Waals surface area contributed by atoms with Crippen molar-refractivity contribution in [3.05, 3.63) is 41.2 Å². The second-order valence-electron chi connectivity index (χ2n) is 6.13. The van der Waals surface area contributed by atoms with Gasteiger partial charge in [-0.15, -0.1) is 0 Å². The zero-order chi connectivity index (χ0) is 19.3. The van der Waals surface area contributed by atoms with E-state index in [2.05, 4.69) is 33.7 Å². The van der Waals surface area contributed by atoms with Crippen LogP contribution in [0.3, 0.4) is 0 Å². The lowest BCUT2D eigenvalue weighted by Crippen LogP contribution is -2.38. The molecule has 2 aromatic rings. The number of sulfonamides is 1. The zero-order valence-corrected chi connectivity index (χ0v) is 16.9. The van der Waals surface area contributed by atoms with Crippen LogP contribution < -0.4 is 9.46 Å². The molecule has 26 heavy (non-hydrogen) atoms. The third kappa shape index (κ3) is 4.44. The Morgan fingerprint density at radius 3 is 2.27 bits per heavy atom. The molecule has 0 radical (unpaired) electrons. The monoisotopic (exact) mass is 380 g/mol. The zero-order valence-electron chi connectivity index (χ0n) is 16.0. The lowest BCUT2D eigenvalue weighted by Gasteiger charge is -2.30. The van der Waals surface area contributed by atoms with Gasteiger partial charge in [-0.3, -0.25) is 10.00 Å². The van der Waals surface area contributed by atoms with E-state index in [1.54, 1.807) is 21.0 Å². The lowest BCUT2D eigenvalue weighted by atomic mass is 10.1. The molecule has 0 bridgehead atoms. The second kappa shape index (κ2) is 8.66. The molecule has 144 valence electrons. The Kier molecular flexibility index (Phi) is 6.80. The number of aromatic nitrogens is 2. The summed E-state index contributed by atoms with van der Waals surface area (Å²) in [6.07, 6.45) is 0. The molecule has 0 aliphatic heterocycles.